The smallest absolute Gasteiger partial charge is 0.0597 e. The third-order valence-electron chi connectivity index (χ3n) is 3.54. The molecule has 2 nitrogen and oxygen atoms in total. The Morgan fingerprint density at radius 3 is 2.50 bits per heavy atom. The van der Waals surface area contributed by atoms with Gasteiger partial charge in [0.1, 0.15) is 0 Å². The molecule has 1 heterocycles. The van der Waals surface area contributed by atoms with Gasteiger partial charge in [-0.25, -0.2) is 0 Å². The second-order valence-corrected chi connectivity index (χ2v) is 4.97. The van der Waals surface area contributed by atoms with Crippen LogP contribution in [-0.4, -0.2) is 37.2 Å². The van der Waals surface area contributed by atoms with Gasteiger partial charge in [-0.2, -0.15) is 0 Å². The lowest BCUT2D eigenvalue weighted by Gasteiger charge is -2.33. The van der Waals surface area contributed by atoms with Crippen molar-refractivity contribution in [3.63, 3.8) is 0 Å². The average Bonchev–Trinajstić information content (AvgIpc) is 2.17. The molecule has 0 aromatic heterocycles. The van der Waals surface area contributed by atoms with Crippen molar-refractivity contribution < 1.29 is 4.74 Å². The summed E-state index contributed by atoms with van der Waals surface area (Å²) in [5.41, 5.74) is 0. The highest BCUT2D eigenvalue weighted by Gasteiger charge is 2.25. The molecule has 0 aromatic rings. The van der Waals surface area contributed by atoms with Crippen molar-refractivity contribution in [3.05, 3.63) is 0 Å². The predicted octanol–water partition coefficient (Wildman–Crippen LogP) is 2.29. The summed E-state index contributed by atoms with van der Waals surface area (Å²) in [6, 6.07) is 0. The minimum absolute atomic E-state index is 0.592. The molecule has 0 bridgehead atoms. The standard InChI is InChI=1S/C12H23NO/c1-11-9-12(10-11)14-8-7-13-5-3-2-4-6-13/h11-12H,2-10H2,1H3. The minimum Gasteiger partial charge on any atom is -0.377 e. The molecule has 14 heavy (non-hydrogen) atoms. The zero-order valence-electron chi connectivity index (χ0n) is 9.37. The van der Waals surface area contributed by atoms with Crippen LogP contribution in [0.25, 0.3) is 0 Å². The molecule has 0 unspecified atom stereocenters. The van der Waals surface area contributed by atoms with Crippen LogP contribution in [0.1, 0.15) is 39.0 Å². The molecule has 82 valence electrons. The summed E-state index contributed by atoms with van der Waals surface area (Å²) in [5.74, 6) is 0.912. The van der Waals surface area contributed by atoms with Crippen molar-refractivity contribution >= 4 is 0 Å². The Kier molecular flexibility index (Phi) is 3.82. The number of hydrogen-bond donors (Lipinski definition) is 0. The van der Waals surface area contributed by atoms with E-state index in [1.54, 1.807) is 0 Å². The fourth-order valence-corrected chi connectivity index (χ4v) is 2.50. The van der Waals surface area contributed by atoms with Gasteiger partial charge >= 0.3 is 0 Å². The molecule has 2 fully saturated rings. The van der Waals surface area contributed by atoms with E-state index in [1.165, 1.54) is 45.2 Å². The van der Waals surface area contributed by atoms with Gasteiger partial charge in [-0.3, -0.25) is 0 Å². The Bertz CT molecular complexity index is 160. The number of hydrogen-bond acceptors (Lipinski definition) is 2. The normalized spacial score (nSPS) is 34.1. The number of piperidine rings is 1. The second-order valence-electron chi connectivity index (χ2n) is 4.97. The molecule has 0 spiro atoms. The van der Waals surface area contributed by atoms with Gasteiger partial charge in [-0.15, -0.1) is 0 Å². The lowest BCUT2D eigenvalue weighted by Crippen LogP contribution is -2.36. The van der Waals surface area contributed by atoms with Crippen LogP contribution in [0.5, 0.6) is 0 Å². The third-order valence-corrected chi connectivity index (χ3v) is 3.54. The number of nitrogens with zero attached hydrogens (tertiary/aromatic N) is 1. The molecule has 0 atom stereocenters. The summed E-state index contributed by atoms with van der Waals surface area (Å²) in [4.78, 5) is 2.55. The molecular weight excluding hydrogens is 174 g/mol. The van der Waals surface area contributed by atoms with Crippen LogP contribution < -0.4 is 0 Å². The molecular formula is C12H23NO. The molecule has 1 saturated heterocycles. The Hall–Kier alpha value is -0.0800. The summed E-state index contributed by atoms with van der Waals surface area (Å²) in [5, 5.41) is 0. The van der Waals surface area contributed by atoms with E-state index in [0.717, 1.165) is 19.1 Å². The van der Waals surface area contributed by atoms with Crippen molar-refractivity contribution in [1.29, 1.82) is 0 Å². The molecule has 2 aliphatic rings. The molecule has 2 heteroatoms. The van der Waals surface area contributed by atoms with Gasteiger partial charge in [0.05, 0.1) is 12.7 Å². The van der Waals surface area contributed by atoms with Gasteiger partial charge in [0.25, 0.3) is 0 Å². The van der Waals surface area contributed by atoms with Gasteiger partial charge in [-0.1, -0.05) is 13.3 Å². The first-order valence-corrected chi connectivity index (χ1v) is 6.18. The van der Waals surface area contributed by atoms with Crippen LogP contribution in [0, 0.1) is 5.92 Å². The topological polar surface area (TPSA) is 12.5 Å². The Balaban J connectivity index is 1.50. The monoisotopic (exact) mass is 197 g/mol. The number of rotatable bonds is 4. The molecule has 0 aromatic carbocycles. The zero-order valence-corrected chi connectivity index (χ0v) is 9.37. The highest BCUT2D eigenvalue weighted by molar-refractivity contribution is 4.76. The van der Waals surface area contributed by atoms with E-state index >= 15 is 0 Å². The van der Waals surface area contributed by atoms with Gasteiger partial charge in [0.15, 0.2) is 0 Å². The van der Waals surface area contributed by atoms with E-state index in [9.17, 15) is 0 Å². The molecule has 1 aliphatic carbocycles. The van der Waals surface area contributed by atoms with Crippen LogP contribution in [0.2, 0.25) is 0 Å². The molecule has 1 aliphatic heterocycles. The fourth-order valence-electron chi connectivity index (χ4n) is 2.50. The molecule has 0 radical (unpaired) electrons. The third kappa shape index (κ3) is 2.96. The first kappa shape index (κ1) is 10.4. The number of likely N-dealkylation sites (tertiary alicyclic amines) is 1. The van der Waals surface area contributed by atoms with Gasteiger partial charge in [0.2, 0.25) is 0 Å². The van der Waals surface area contributed by atoms with Crippen molar-refractivity contribution in [1.82, 2.24) is 4.90 Å². The zero-order chi connectivity index (χ0) is 9.80. The molecule has 0 N–H and O–H groups in total. The van der Waals surface area contributed by atoms with E-state index in [1.807, 2.05) is 0 Å². The summed E-state index contributed by atoms with van der Waals surface area (Å²) in [7, 11) is 0. The maximum Gasteiger partial charge on any atom is 0.0597 e. The van der Waals surface area contributed by atoms with E-state index in [2.05, 4.69) is 11.8 Å². The van der Waals surface area contributed by atoms with Gasteiger partial charge < -0.3 is 9.64 Å². The van der Waals surface area contributed by atoms with E-state index < -0.39 is 0 Å². The SMILES string of the molecule is CC1CC(OCCN2CCCCC2)C1. The quantitative estimate of drug-likeness (QED) is 0.685. The Morgan fingerprint density at radius 2 is 1.86 bits per heavy atom. The van der Waals surface area contributed by atoms with Crippen molar-refractivity contribution in [2.24, 2.45) is 5.92 Å². The summed E-state index contributed by atoms with van der Waals surface area (Å²) < 4.78 is 5.81. The first-order chi connectivity index (χ1) is 6.84. The van der Waals surface area contributed by atoms with Crippen LogP contribution in [-0.2, 0) is 4.74 Å². The highest BCUT2D eigenvalue weighted by atomic mass is 16.5. The predicted molar refractivity (Wildman–Crippen MR) is 58.4 cm³/mol. The maximum absolute atomic E-state index is 5.81. The van der Waals surface area contributed by atoms with E-state index in [4.69, 9.17) is 4.74 Å². The van der Waals surface area contributed by atoms with Crippen LogP contribution in [0.15, 0.2) is 0 Å². The number of ether oxygens (including phenoxy) is 1. The average molecular weight is 197 g/mol. The van der Waals surface area contributed by atoms with E-state index in [-0.39, 0.29) is 0 Å². The van der Waals surface area contributed by atoms with Gasteiger partial charge in [-0.05, 0) is 44.7 Å². The maximum atomic E-state index is 5.81. The van der Waals surface area contributed by atoms with Crippen LogP contribution in [0.4, 0.5) is 0 Å². The minimum atomic E-state index is 0.592. The molecule has 2 rings (SSSR count). The fraction of sp³-hybridized carbons (Fsp3) is 1.00. The van der Waals surface area contributed by atoms with Crippen LogP contribution >= 0.6 is 0 Å². The molecule has 0 amide bonds. The van der Waals surface area contributed by atoms with Crippen LogP contribution in [0.3, 0.4) is 0 Å². The molecule has 1 saturated carbocycles. The summed E-state index contributed by atoms with van der Waals surface area (Å²) in [6.07, 6.45) is 7.38. The lowest BCUT2D eigenvalue weighted by molar-refractivity contribution is -0.0336. The lowest BCUT2D eigenvalue weighted by atomic mass is 9.84. The van der Waals surface area contributed by atoms with Crippen molar-refractivity contribution in [3.8, 4) is 0 Å². The highest BCUT2D eigenvalue weighted by Crippen LogP contribution is 2.28. The van der Waals surface area contributed by atoms with Crippen molar-refractivity contribution in [2.75, 3.05) is 26.2 Å². The second kappa shape index (κ2) is 5.13. The van der Waals surface area contributed by atoms with Gasteiger partial charge in [0, 0.05) is 6.54 Å². The first-order valence-electron chi connectivity index (χ1n) is 6.18. The Morgan fingerprint density at radius 1 is 1.14 bits per heavy atom. The van der Waals surface area contributed by atoms with E-state index in [0.29, 0.717) is 6.10 Å². The Labute approximate surface area is 87.6 Å². The van der Waals surface area contributed by atoms with Crippen molar-refractivity contribution in [2.45, 2.75) is 45.1 Å². The largest absolute Gasteiger partial charge is 0.377 e. The summed E-state index contributed by atoms with van der Waals surface area (Å²) >= 11 is 0. The summed E-state index contributed by atoms with van der Waals surface area (Å²) in [6.45, 7) is 7.02.